The first-order chi connectivity index (χ1) is 13.0. The normalized spacial score (nSPS) is 38.2. The third-order valence-electron chi connectivity index (χ3n) is 7.17. The zero-order valence-electron chi connectivity index (χ0n) is 15.5. The number of hydrogen-bond donors (Lipinski definition) is 3. The van der Waals surface area contributed by atoms with Crippen LogP contribution in [0.3, 0.4) is 0 Å². The van der Waals surface area contributed by atoms with E-state index in [1.54, 1.807) is 0 Å². The molecule has 1 aromatic heterocycles. The SMILES string of the molecule is C/C=C1/CN2[C@H]3Cc4c([nH]c5ccccc45)[C@]2(O)C[C@H]1C3(CO)C(=O)OC. The van der Waals surface area contributed by atoms with Gasteiger partial charge in [-0.15, -0.1) is 0 Å². The number of aromatic nitrogens is 1. The molecule has 27 heavy (non-hydrogen) atoms. The molecule has 0 spiro atoms. The first-order valence-electron chi connectivity index (χ1n) is 9.44. The minimum Gasteiger partial charge on any atom is -0.468 e. The van der Waals surface area contributed by atoms with Crippen LogP contribution in [0.5, 0.6) is 0 Å². The molecule has 142 valence electrons. The Morgan fingerprint density at radius 2 is 2.22 bits per heavy atom. The zero-order valence-corrected chi connectivity index (χ0v) is 15.5. The number of nitrogens with one attached hydrogen (secondary N) is 1. The van der Waals surface area contributed by atoms with E-state index in [-0.39, 0.29) is 18.6 Å². The number of rotatable bonds is 2. The maximum atomic E-state index is 13.0. The number of allylic oxidation sites excluding steroid dienone is 1. The van der Waals surface area contributed by atoms with Gasteiger partial charge in [-0.3, -0.25) is 9.69 Å². The summed E-state index contributed by atoms with van der Waals surface area (Å²) in [7, 11) is 1.37. The highest BCUT2D eigenvalue weighted by atomic mass is 16.5. The van der Waals surface area contributed by atoms with Gasteiger partial charge in [0.1, 0.15) is 5.41 Å². The predicted octanol–water partition coefficient (Wildman–Crippen LogP) is 1.67. The molecule has 4 aliphatic rings. The minimum absolute atomic E-state index is 0.250. The van der Waals surface area contributed by atoms with Crippen molar-refractivity contribution in [2.45, 2.75) is 31.5 Å². The summed E-state index contributed by atoms with van der Waals surface area (Å²) in [4.78, 5) is 18.4. The Hall–Kier alpha value is -2.15. The second-order valence-electron chi connectivity index (χ2n) is 8.00. The molecule has 6 heteroatoms. The van der Waals surface area contributed by atoms with Gasteiger partial charge in [0.15, 0.2) is 5.72 Å². The lowest BCUT2D eigenvalue weighted by atomic mass is 9.54. The Kier molecular flexibility index (Phi) is 3.42. The van der Waals surface area contributed by atoms with Gasteiger partial charge in [0, 0.05) is 35.8 Å². The van der Waals surface area contributed by atoms with Gasteiger partial charge in [-0.25, -0.2) is 0 Å². The topological polar surface area (TPSA) is 85.8 Å². The van der Waals surface area contributed by atoms with Crippen molar-refractivity contribution in [2.24, 2.45) is 11.3 Å². The summed E-state index contributed by atoms with van der Waals surface area (Å²) in [6, 6.07) is 7.69. The monoisotopic (exact) mass is 368 g/mol. The molecule has 2 unspecified atom stereocenters. The van der Waals surface area contributed by atoms with Crippen LogP contribution in [0.15, 0.2) is 35.9 Å². The quantitative estimate of drug-likeness (QED) is 0.555. The van der Waals surface area contributed by atoms with Crippen molar-refractivity contribution in [1.82, 2.24) is 9.88 Å². The molecule has 0 aliphatic carbocycles. The summed E-state index contributed by atoms with van der Waals surface area (Å²) < 4.78 is 5.17. The number of hydrogen-bond acceptors (Lipinski definition) is 5. The lowest BCUT2D eigenvalue weighted by Crippen LogP contribution is -2.75. The standard InChI is InChI=1S/C21H24N2O4/c1-3-12-10-23-17-8-14-13-6-4-5-7-16(13)22-18(14)21(23,26)9-15(12)20(17,11-24)19(25)27-2/h3-7,15,17,22,24,26H,8-11H2,1-2H3/b12-3-/t15-,17+,20?,21-/m1/s1. The number of aromatic amines is 1. The summed E-state index contributed by atoms with van der Waals surface area (Å²) >= 11 is 0. The van der Waals surface area contributed by atoms with Crippen LogP contribution in [0.25, 0.3) is 10.9 Å². The van der Waals surface area contributed by atoms with E-state index in [4.69, 9.17) is 4.74 Å². The van der Waals surface area contributed by atoms with E-state index in [0.717, 1.165) is 27.7 Å². The number of methoxy groups -OCH3 is 1. The van der Waals surface area contributed by atoms with Crippen molar-refractivity contribution in [3.8, 4) is 0 Å². The molecule has 0 saturated carbocycles. The van der Waals surface area contributed by atoms with Crippen LogP contribution in [0, 0.1) is 11.3 Å². The predicted molar refractivity (Wildman–Crippen MR) is 99.8 cm³/mol. The molecule has 6 rings (SSSR count). The van der Waals surface area contributed by atoms with E-state index in [1.807, 2.05) is 42.2 Å². The van der Waals surface area contributed by atoms with E-state index in [2.05, 4.69) is 4.98 Å². The molecule has 4 aliphatic heterocycles. The van der Waals surface area contributed by atoms with E-state index in [0.29, 0.717) is 19.4 Å². The fourth-order valence-electron chi connectivity index (χ4n) is 5.89. The second kappa shape index (κ2) is 5.44. The molecule has 3 fully saturated rings. The minimum atomic E-state index is -1.17. The summed E-state index contributed by atoms with van der Waals surface area (Å²) in [5.74, 6) is -0.645. The first kappa shape index (κ1) is 17.0. The number of ether oxygens (including phenoxy) is 1. The zero-order chi connectivity index (χ0) is 19.0. The fraction of sp³-hybridized carbons (Fsp3) is 0.476. The molecule has 4 bridgehead atoms. The largest absolute Gasteiger partial charge is 0.468 e. The first-order valence-corrected chi connectivity index (χ1v) is 9.44. The van der Waals surface area contributed by atoms with E-state index < -0.39 is 17.1 Å². The van der Waals surface area contributed by atoms with Gasteiger partial charge in [0.25, 0.3) is 0 Å². The lowest BCUT2D eigenvalue weighted by Gasteiger charge is -2.65. The Labute approximate surface area is 157 Å². The van der Waals surface area contributed by atoms with Crippen LogP contribution in [0.1, 0.15) is 24.6 Å². The Morgan fingerprint density at radius 1 is 1.44 bits per heavy atom. The molecule has 5 heterocycles. The summed E-state index contributed by atoms with van der Waals surface area (Å²) in [5.41, 5.74) is 1.71. The van der Waals surface area contributed by atoms with Crippen LogP contribution < -0.4 is 0 Å². The number of nitrogens with zero attached hydrogens (tertiary/aromatic N) is 1. The number of fused-ring (bicyclic) bond motifs is 4. The number of H-pyrrole nitrogens is 1. The van der Waals surface area contributed by atoms with Crippen LogP contribution in [-0.4, -0.2) is 52.4 Å². The summed E-state index contributed by atoms with van der Waals surface area (Å²) in [5, 5.41) is 23.3. The van der Waals surface area contributed by atoms with Gasteiger partial charge in [-0.1, -0.05) is 29.8 Å². The molecular formula is C21H24N2O4. The van der Waals surface area contributed by atoms with E-state index >= 15 is 0 Å². The number of carbonyl (C=O) groups is 1. The second-order valence-corrected chi connectivity index (χ2v) is 8.00. The number of aliphatic hydroxyl groups excluding tert-OH is 1. The van der Waals surface area contributed by atoms with Crippen LogP contribution in [-0.2, 0) is 21.7 Å². The van der Waals surface area contributed by atoms with Crippen LogP contribution in [0.2, 0.25) is 0 Å². The maximum absolute atomic E-state index is 13.0. The average molecular weight is 368 g/mol. The summed E-state index contributed by atoms with van der Waals surface area (Å²) in [6.45, 7) is 2.25. The highest BCUT2D eigenvalue weighted by Gasteiger charge is 2.69. The van der Waals surface area contributed by atoms with Gasteiger partial charge in [-0.05, 0) is 25.0 Å². The molecular weight excluding hydrogens is 344 g/mol. The molecule has 0 amide bonds. The number of para-hydroxylation sites is 1. The van der Waals surface area contributed by atoms with Crippen molar-refractivity contribution in [2.75, 3.05) is 20.3 Å². The third-order valence-corrected chi connectivity index (χ3v) is 7.17. The number of esters is 1. The molecule has 3 saturated heterocycles. The van der Waals surface area contributed by atoms with Crippen molar-refractivity contribution < 1.29 is 19.7 Å². The van der Waals surface area contributed by atoms with Gasteiger partial charge in [-0.2, -0.15) is 0 Å². The molecule has 5 atom stereocenters. The maximum Gasteiger partial charge on any atom is 0.316 e. The van der Waals surface area contributed by atoms with Gasteiger partial charge >= 0.3 is 5.97 Å². The number of benzene rings is 1. The van der Waals surface area contributed by atoms with Gasteiger partial charge < -0.3 is 19.9 Å². The Morgan fingerprint density at radius 3 is 2.93 bits per heavy atom. The number of piperidine rings is 3. The molecule has 3 N–H and O–H groups in total. The van der Waals surface area contributed by atoms with E-state index in [9.17, 15) is 15.0 Å². The van der Waals surface area contributed by atoms with Crippen molar-refractivity contribution >= 4 is 16.9 Å². The van der Waals surface area contributed by atoms with Crippen molar-refractivity contribution in [1.29, 1.82) is 0 Å². The van der Waals surface area contributed by atoms with Crippen molar-refractivity contribution in [3.63, 3.8) is 0 Å². The molecule has 2 aromatic rings. The third kappa shape index (κ3) is 1.83. The highest BCUT2D eigenvalue weighted by molar-refractivity contribution is 5.86. The Bertz CT molecular complexity index is 980. The molecule has 1 aromatic carbocycles. The molecule has 6 nitrogen and oxygen atoms in total. The Balaban J connectivity index is 1.78. The number of aliphatic hydroxyl groups is 2. The van der Waals surface area contributed by atoms with Crippen LogP contribution in [0.4, 0.5) is 0 Å². The summed E-state index contributed by atoms with van der Waals surface area (Å²) in [6.07, 6.45) is 2.96. The fourth-order valence-corrected chi connectivity index (χ4v) is 5.89. The highest BCUT2D eigenvalue weighted by Crippen LogP contribution is 2.61. The molecule has 0 radical (unpaired) electrons. The van der Waals surface area contributed by atoms with Crippen LogP contribution >= 0.6 is 0 Å². The average Bonchev–Trinajstić information content (AvgIpc) is 3.07. The lowest BCUT2D eigenvalue weighted by molar-refractivity contribution is -0.252. The van der Waals surface area contributed by atoms with E-state index in [1.165, 1.54) is 7.11 Å². The van der Waals surface area contributed by atoms with Gasteiger partial charge in [0.05, 0.1) is 19.4 Å². The smallest absolute Gasteiger partial charge is 0.316 e. The van der Waals surface area contributed by atoms with Crippen molar-refractivity contribution in [3.05, 3.63) is 47.2 Å². The number of carbonyl (C=O) groups excluding carboxylic acids is 1. The van der Waals surface area contributed by atoms with Gasteiger partial charge in [0.2, 0.25) is 0 Å².